The van der Waals surface area contributed by atoms with E-state index in [1.54, 1.807) is 4.90 Å². The van der Waals surface area contributed by atoms with Crippen LogP contribution in [0.2, 0.25) is 0 Å². The van der Waals surface area contributed by atoms with E-state index in [4.69, 9.17) is 10.6 Å². The van der Waals surface area contributed by atoms with E-state index in [9.17, 15) is 9.59 Å². The Hall–Kier alpha value is -2.08. The van der Waals surface area contributed by atoms with Crippen molar-refractivity contribution < 1.29 is 14.3 Å². The van der Waals surface area contributed by atoms with E-state index < -0.39 is 0 Å². The Balaban J connectivity index is 1.67. The Kier molecular flexibility index (Phi) is 6.21. The number of carbonyl (C=O) groups is 2. The normalized spacial score (nSPS) is 15.4. The zero-order chi connectivity index (χ0) is 15.8. The number of amides is 2. The number of nitrogens with zero attached hydrogens (tertiary/aromatic N) is 1. The Labute approximate surface area is 130 Å². The lowest BCUT2D eigenvalue weighted by atomic mass is 9.92. The fourth-order valence-corrected chi connectivity index (χ4v) is 2.62. The maximum atomic E-state index is 12.0. The molecule has 1 aromatic rings. The first kappa shape index (κ1) is 16.3. The lowest BCUT2D eigenvalue weighted by Crippen LogP contribution is -2.39. The second-order valence-corrected chi connectivity index (χ2v) is 5.58. The van der Waals surface area contributed by atoms with E-state index in [1.165, 1.54) is 0 Å². The molecule has 0 aliphatic carbocycles. The molecule has 1 aliphatic rings. The minimum absolute atomic E-state index is 0.135. The van der Waals surface area contributed by atoms with Crippen molar-refractivity contribution in [2.45, 2.75) is 32.3 Å². The summed E-state index contributed by atoms with van der Waals surface area (Å²) < 4.78 is 5.32. The fraction of sp³-hybridized carbons (Fsp3) is 0.500. The van der Waals surface area contributed by atoms with Crippen molar-refractivity contribution in [2.24, 2.45) is 11.8 Å². The Morgan fingerprint density at radius 1 is 1.23 bits per heavy atom. The molecule has 1 heterocycles. The molecule has 0 aromatic heterocycles. The van der Waals surface area contributed by atoms with Crippen LogP contribution in [0.25, 0.3) is 0 Å². The van der Waals surface area contributed by atoms with Crippen molar-refractivity contribution in [3.63, 3.8) is 0 Å². The van der Waals surface area contributed by atoms with Gasteiger partial charge in [0.15, 0.2) is 0 Å². The van der Waals surface area contributed by atoms with E-state index in [1.807, 2.05) is 30.3 Å². The summed E-state index contributed by atoms with van der Waals surface area (Å²) in [5.74, 6) is 5.40. The van der Waals surface area contributed by atoms with Crippen LogP contribution in [0.5, 0.6) is 0 Å². The van der Waals surface area contributed by atoms with E-state index in [0.29, 0.717) is 32.0 Å². The lowest BCUT2D eigenvalue weighted by molar-refractivity contribution is -0.121. The molecule has 1 aliphatic heterocycles. The van der Waals surface area contributed by atoms with Gasteiger partial charge in [0.1, 0.15) is 6.61 Å². The first-order valence-corrected chi connectivity index (χ1v) is 7.64. The number of hydrogen-bond acceptors (Lipinski definition) is 4. The van der Waals surface area contributed by atoms with Gasteiger partial charge in [-0.15, -0.1) is 0 Å². The number of hydrogen-bond donors (Lipinski definition) is 2. The van der Waals surface area contributed by atoms with Gasteiger partial charge in [-0.3, -0.25) is 10.2 Å². The van der Waals surface area contributed by atoms with E-state index >= 15 is 0 Å². The highest BCUT2D eigenvalue weighted by molar-refractivity contribution is 5.75. The van der Waals surface area contributed by atoms with Crippen LogP contribution in [0.1, 0.15) is 31.2 Å². The van der Waals surface area contributed by atoms with Crippen LogP contribution >= 0.6 is 0 Å². The number of likely N-dealkylation sites (tertiary alicyclic amines) is 1. The predicted molar refractivity (Wildman–Crippen MR) is 82.5 cm³/mol. The zero-order valence-electron chi connectivity index (χ0n) is 12.7. The third kappa shape index (κ3) is 5.04. The molecular formula is C16H23N3O3. The molecule has 6 heteroatoms. The summed E-state index contributed by atoms with van der Waals surface area (Å²) in [4.78, 5) is 24.9. The highest BCUT2D eigenvalue weighted by Gasteiger charge is 2.24. The molecule has 22 heavy (non-hydrogen) atoms. The van der Waals surface area contributed by atoms with Crippen LogP contribution in [0, 0.1) is 5.92 Å². The standard InChI is InChI=1S/C16H23N3O3/c17-18-15(20)7-6-13-8-10-19(11-9-13)16(21)22-12-14-4-2-1-3-5-14/h1-5,13H,6-12,17H2,(H,18,20). The maximum absolute atomic E-state index is 12.0. The van der Waals surface area contributed by atoms with Crippen LogP contribution in [0.3, 0.4) is 0 Å². The molecule has 120 valence electrons. The molecule has 2 rings (SSSR count). The second-order valence-electron chi connectivity index (χ2n) is 5.58. The monoisotopic (exact) mass is 305 g/mol. The molecule has 0 saturated carbocycles. The molecule has 6 nitrogen and oxygen atoms in total. The predicted octanol–water partition coefficient (Wildman–Crippen LogP) is 1.81. The van der Waals surface area contributed by atoms with Gasteiger partial charge < -0.3 is 9.64 Å². The summed E-state index contributed by atoms with van der Waals surface area (Å²) in [5.41, 5.74) is 3.13. The van der Waals surface area contributed by atoms with E-state index in [2.05, 4.69) is 5.43 Å². The summed E-state index contributed by atoms with van der Waals surface area (Å²) in [6.45, 7) is 1.67. The van der Waals surface area contributed by atoms with Gasteiger partial charge in [0.25, 0.3) is 0 Å². The van der Waals surface area contributed by atoms with Gasteiger partial charge in [-0.1, -0.05) is 30.3 Å². The fourth-order valence-electron chi connectivity index (χ4n) is 2.62. The number of hydrazine groups is 1. The van der Waals surface area contributed by atoms with Crippen LogP contribution in [0.15, 0.2) is 30.3 Å². The van der Waals surface area contributed by atoms with Gasteiger partial charge in [-0.2, -0.15) is 0 Å². The minimum atomic E-state index is -0.262. The molecule has 2 amide bonds. The van der Waals surface area contributed by atoms with Gasteiger partial charge in [-0.25, -0.2) is 10.6 Å². The topological polar surface area (TPSA) is 84.7 Å². The Morgan fingerprint density at radius 3 is 2.55 bits per heavy atom. The average molecular weight is 305 g/mol. The number of ether oxygens (including phenoxy) is 1. The van der Waals surface area contributed by atoms with Crippen molar-refractivity contribution in [1.82, 2.24) is 10.3 Å². The van der Waals surface area contributed by atoms with Crippen LogP contribution in [-0.4, -0.2) is 30.0 Å². The lowest BCUT2D eigenvalue weighted by Gasteiger charge is -2.31. The highest BCUT2D eigenvalue weighted by atomic mass is 16.6. The minimum Gasteiger partial charge on any atom is -0.445 e. The third-order valence-corrected chi connectivity index (χ3v) is 4.02. The van der Waals surface area contributed by atoms with Gasteiger partial charge in [0.05, 0.1) is 0 Å². The quantitative estimate of drug-likeness (QED) is 0.493. The van der Waals surface area contributed by atoms with E-state index in [-0.39, 0.29) is 12.0 Å². The number of carbonyl (C=O) groups excluding carboxylic acids is 2. The van der Waals surface area contributed by atoms with Gasteiger partial charge in [0.2, 0.25) is 5.91 Å². The van der Waals surface area contributed by atoms with Crippen molar-refractivity contribution in [1.29, 1.82) is 0 Å². The molecule has 0 radical (unpaired) electrons. The van der Waals surface area contributed by atoms with E-state index in [0.717, 1.165) is 24.8 Å². The largest absolute Gasteiger partial charge is 0.445 e. The molecular weight excluding hydrogens is 282 g/mol. The molecule has 1 saturated heterocycles. The molecule has 1 aromatic carbocycles. The summed E-state index contributed by atoms with van der Waals surface area (Å²) in [6.07, 6.45) is 2.80. The molecule has 0 spiro atoms. The van der Waals surface area contributed by atoms with Crippen LogP contribution in [-0.2, 0) is 16.1 Å². The van der Waals surface area contributed by atoms with Crippen LogP contribution in [0.4, 0.5) is 4.79 Å². The first-order valence-electron chi connectivity index (χ1n) is 7.64. The number of rotatable bonds is 5. The molecule has 0 unspecified atom stereocenters. The van der Waals surface area contributed by atoms with Crippen molar-refractivity contribution in [2.75, 3.05) is 13.1 Å². The molecule has 3 N–H and O–H groups in total. The Morgan fingerprint density at radius 2 is 1.91 bits per heavy atom. The number of nitrogens with two attached hydrogens (primary N) is 1. The second kappa shape index (κ2) is 8.38. The third-order valence-electron chi connectivity index (χ3n) is 4.02. The zero-order valence-corrected chi connectivity index (χ0v) is 12.7. The Bertz CT molecular complexity index is 485. The van der Waals surface area contributed by atoms with Gasteiger partial charge >= 0.3 is 6.09 Å². The number of nitrogens with one attached hydrogen (secondary N) is 1. The smallest absolute Gasteiger partial charge is 0.410 e. The number of benzene rings is 1. The van der Waals surface area contributed by atoms with Crippen molar-refractivity contribution in [3.8, 4) is 0 Å². The van der Waals surface area contributed by atoms with Crippen molar-refractivity contribution in [3.05, 3.63) is 35.9 Å². The molecule has 0 bridgehead atoms. The maximum Gasteiger partial charge on any atom is 0.410 e. The summed E-state index contributed by atoms with van der Waals surface area (Å²) in [6, 6.07) is 9.64. The van der Waals surface area contributed by atoms with Gasteiger partial charge in [0, 0.05) is 19.5 Å². The van der Waals surface area contributed by atoms with Crippen molar-refractivity contribution >= 4 is 12.0 Å². The molecule has 0 atom stereocenters. The summed E-state index contributed by atoms with van der Waals surface area (Å²) in [7, 11) is 0. The van der Waals surface area contributed by atoms with Crippen LogP contribution < -0.4 is 11.3 Å². The first-order chi connectivity index (χ1) is 10.7. The highest BCUT2D eigenvalue weighted by Crippen LogP contribution is 2.22. The summed E-state index contributed by atoms with van der Waals surface area (Å²) in [5, 5.41) is 0. The number of piperidine rings is 1. The molecule has 1 fully saturated rings. The van der Waals surface area contributed by atoms with Gasteiger partial charge in [-0.05, 0) is 30.7 Å². The average Bonchev–Trinajstić information content (AvgIpc) is 2.59. The SMILES string of the molecule is NNC(=O)CCC1CCN(C(=O)OCc2ccccc2)CC1. The summed E-state index contributed by atoms with van der Waals surface area (Å²) >= 11 is 0.